The number of β-amino-alcohol motifs (C(OH)–C–C–N with tert-alkyl or cyclic N) is 1. The van der Waals surface area contributed by atoms with Gasteiger partial charge in [-0.05, 0) is 23.1 Å². The Bertz CT molecular complexity index is 670. The van der Waals surface area contributed by atoms with E-state index in [9.17, 15) is 14.7 Å². The summed E-state index contributed by atoms with van der Waals surface area (Å²) in [4.78, 5) is 24.8. The molecule has 1 aliphatic heterocycles. The van der Waals surface area contributed by atoms with E-state index in [0.717, 1.165) is 4.90 Å². The van der Waals surface area contributed by atoms with E-state index in [2.05, 4.69) is 32.0 Å². The van der Waals surface area contributed by atoms with E-state index in [4.69, 9.17) is 11.2 Å². The summed E-state index contributed by atoms with van der Waals surface area (Å²) in [7, 11) is 0. The standard InChI is InChI=1S/C19H24N2O4/c1-5-6-16-17(23)21(18(24)20-16)11-14(22)12-25-15-9-7-13(8-10-15)19(2,3)4/h1,7-10,14,16,22H,6,11-12H2,2-4H3,(H,20,24)/t14-,16+/m1/s1. The minimum absolute atomic E-state index is 0.0221. The Morgan fingerprint density at radius 1 is 1.32 bits per heavy atom. The van der Waals surface area contributed by atoms with Gasteiger partial charge in [0.15, 0.2) is 0 Å². The lowest BCUT2D eigenvalue weighted by Crippen LogP contribution is -2.40. The molecule has 6 heteroatoms. The van der Waals surface area contributed by atoms with Crippen molar-refractivity contribution < 1.29 is 19.4 Å². The fourth-order valence-electron chi connectivity index (χ4n) is 2.51. The molecule has 3 amide bonds. The number of aliphatic hydroxyl groups excluding tert-OH is 1. The summed E-state index contributed by atoms with van der Waals surface area (Å²) < 4.78 is 5.54. The largest absolute Gasteiger partial charge is 0.491 e. The first-order valence-corrected chi connectivity index (χ1v) is 8.19. The fraction of sp³-hybridized carbons (Fsp3) is 0.474. The van der Waals surface area contributed by atoms with Gasteiger partial charge in [-0.1, -0.05) is 32.9 Å². The van der Waals surface area contributed by atoms with Gasteiger partial charge >= 0.3 is 6.03 Å². The first-order valence-electron chi connectivity index (χ1n) is 8.19. The second-order valence-corrected chi connectivity index (χ2v) is 7.10. The van der Waals surface area contributed by atoms with Crippen LogP contribution in [0.4, 0.5) is 4.79 Å². The zero-order valence-corrected chi connectivity index (χ0v) is 14.8. The SMILES string of the molecule is C#CC[C@@H]1NC(=O)N(C[C@@H](O)COc2ccc(C(C)(C)C)cc2)C1=O. The van der Waals surface area contributed by atoms with E-state index >= 15 is 0 Å². The molecular weight excluding hydrogens is 320 g/mol. The molecule has 0 aromatic heterocycles. The molecule has 2 atom stereocenters. The number of carbonyl (C=O) groups excluding carboxylic acids is 2. The third kappa shape index (κ3) is 4.74. The Morgan fingerprint density at radius 2 is 1.96 bits per heavy atom. The van der Waals surface area contributed by atoms with Crippen LogP contribution in [0.1, 0.15) is 32.8 Å². The Hall–Kier alpha value is -2.52. The number of carbonyl (C=O) groups is 2. The molecule has 1 saturated heterocycles. The summed E-state index contributed by atoms with van der Waals surface area (Å²) in [5.41, 5.74) is 1.23. The quantitative estimate of drug-likeness (QED) is 0.608. The second kappa shape index (κ2) is 7.58. The van der Waals surface area contributed by atoms with Crippen LogP contribution >= 0.6 is 0 Å². The van der Waals surface area contributed by atoms with Gasteiger partial charge in [0.05, 0.1) is 6.54 Å². The number of benzene rings is 1. The second-order valence-electron chi connectivity index (χ2n) is 7.10. The number of urea groups is 1. The topological polar surface area (TPSA) is 78.9 Å². The number of imide groups is 1. The smallest absolute Gasteiger partial charge is 0.324 e. The van der Waals surface area contributed by atoms with Gasteiger partial charge in [0, 0.05) is 6.42 Å². The molecule has 0 unspecified atom stereocenters. The van der Waals surface area contributed by atoms with Crippen LogP contribution in [-0.2, 0) is 10.2 Å². The number of ether oxygens (including phenoxy) is 1. The van der Waals surface area contributed by atoms with Crippen LogP contribution < -0.4 is 10.1 Å². The monoisotopic (exact) mass is 344 g/mol. The molecule has 134 valence electrons. The number of hydrogen-bond acceptors (Lipinski definition) is 4. The molecule has 2 N–H and O–H groups in total. The van der Waals surface area contributed by atoms with Gasteiger partial charge in [-0.15, -0.1) is 12.3 Å². The van der Waals surface area contributed by atoms with Crippen LogP contribution in [0.5, 0.6) is 5.75 Å². The Labute approximate surface area is 148 Å². The maximum atomic E-state index is 12.0. The molecule has 1 aromatic rings. The summed E-state index contributed by atoms with van der Waals surface area (Å²) in [6.45, 7) is 6.21. The molecule has 1 heterocycles. The van der Waals surface area contributed by atoms with E-state index in [1.54, 1.807) is 0 Å². The van der Waals surface area contributed by atoms with Crippen LogP contribution in [0.15, 0.2) is 24.3 Å². The molecule has 0 saturated carbocycles. The number of terminal acetylenes is 1. The predicted octanol–water partition coefficient (Wildman–Crippen LogP) is 1.67. The third-order valence-corrected chi connectivity index (χ3v) is 3.99. The Morgan fingerprint density at radius 3 is 2.52 bits per heavy atom. The predicted molar refractivity (Wildman–Crippen MR) is 94.1 cm³/mol. The van der Waals surface area contributed by atoms with Crippen LogP contribution in [0.3, 0.4) is 0 Å². The molecular formula is C19H24N2O4. The number of aliphatic hydroxyl groups is 1. The van der Waals surface area contributed by atoms with Crippen molar-refractivity contribution in [2.24, 2.45) is 0 Å². The lowest BCUT2D eigenvalue weighted by atomic mass is 9.87. The van der Waals surface area contributed by atoms with E-state index in [1.807, 2.05) is 24.3 Å². The van der Waals surface area contributed by atoms with Crippen LogP contribution in [0.25, 0.3) is 0 Å². The summed E-state index contributed by atoms with van der Waals surface area (Å²) in [6.07, 6.45) is 4.32. The summed E-state index contributed by atoms with van der Waals surface area (Å²) in [6, 6.07) is 6.37. The maximum absolute atomic E-state index is 12.0. The number of nitrogens with one attached hydrogen (secondary N) is 1. The highest BCUT2D eigenvalue weighted by Crippen LogP contribution is 2.24. The molecule has 0 bridgehead atoms. The van der Waals surface area contributed by atoms with Gasteiger partial charge in [0.1, 0.15) is 24.5 Å². The van der Waals surface area contributed by atoms with Crippen LogP contribution in [-0.4, -0.2) is 47.2 Å². The van der Waals surface area contributed by atoms with E-state index in [-0.39, 0.29) is 25.0 Å². The van der Waals surface area contributed by atoms with Crippen molar-refractivity contribution in [1.29, 1.82) is 0 Å². The van der Waals surface area contributed by atoms with Gasteiger partial charge in [-0.2, -0.15) is 0 Å². The molecule has 6 nitrogen and oxygen atoms in total. The minimum Gasteiger partial charge on any atom is -0.491 e. The average molecular weight is 344 g/mol. The lowest BCUT2D eigenvalue weighted by molar-refractivity contribution is -0.128. The average Bonchev–Trinajstić information content (AvgIpc) is 2.80. The van der Waals surface area contributed by atoms with Crippen LogP contribution in [0, 0.1) is 12.3 Å². The number of amides is 3. The Kier molecular flexibility index (Phi) is 5.70. The zero-order chi connectivity index (χ0) is 18.6. The molecule has 25 heavy (non-hydrogen) atoms. The Balaban J connectivity index is 1.87. The molecule has 2 rings (SSSR count). The van der Waals surface area contributed by atoms with Crippen molar-refractivity contribution >= 4 is 11.9 Å². The van der Waals surface area contributed by atoms with E-state index in [1.165, 1.54) is 5.56 Å². The van der Waals surface area contributed by atoms with Gasteiger partial charge < -0.3 is 15.2 Å². The van der Waals surface area contributed by atoms with Crippen molar-refractivity contribution in [3.63, 3.8) is 0 Å². The van der Waals surface area contributed by atoms with Gasteiger partial charge in [-0.3, -0.25) is 9.69 Å². The first-order chi connectivity index (χ1) is 11.7. The molecule has 1 aromatic carbocycles. The summed E-state index contributed by atoms with van der Waals surface area (Å²) in [5.74, 6) is 2.55. The molecule has 1 fully saturated rings. The van der Waals surface area contributed by atoms with Crippen molar-refractivity contribution in [2.75, 3.05) is 13.2 Å². The van der Waals surface area contributed by atoms with Crippen molar-refractivity contribution in [3.05, 3.63) is 29.8 Å². The summed E-state index contributed by atoms with van der Waals surface area (Å²) >= 11 is 0. The van der Waals surface area contributed by atoms with Crippen molar-refractivity contribution in [3.8, 4) is 18.1 Å². The first kappa shape index (κ1) is 18.8. The highest BCUT2D eigenvalue weighted by molar-refractivity contribution is 6.04. The number of hydrogen-bond donors (Lipinski definition) is 2. The molecule has 1 aliphatic rings. The van der Waals surface area contributed by atoms with E-state index in [0.29, 0.717) is 5.75 Å². The molecule has 0 aliphatic carbocycles. The molecule has 0 spiro atoms. The fourth-order valence-corrected chi connectivity index (χ4v) is 2.51. The van der Waals surface area contributed by atoms with Crippen molar-refractivity contribution in [2.45, 2.75) is 44.8 Å². The van der Waals surface area contributed by atoms with Gasteiger partial charge in [-0.25, -0.2) is 4.79 Å². The maximum Gasteiger partial charge on any atom is 0.324 e. The van der Waals surface area contributed by atoms with Gasteiger partial charge in [0.2, 0.25) is 0 Å². The van der Waals surface area contributed by atoms with Crippen LogP contribution in [0.2, 0.25) is 0 Å². The zero-order valence-electron chi connectivity index (χ0n) is 14.8. The minimum atomic E-state index is -0.985. The molecule has 0 radical (unpaired) electrons. The highest BCUT2D eigenvalue weighted by Gasteiger charge is 2.38. The highest BCUT2D eigenvalue weighted by atomic mass is 16.5. The van der Waals surface area contributed by atoms with E-state index < -0.39 is 24.1 Å². The normalized spacial score (nSPS) is 18.7. The number of nitrogens with zero attached hydrogens (tertiary/aromatic N) is 1. The third-order valence-electron chi connectivity index (χ3n) is 3.99. The lowest BCUT2D eigenvalue weighted by Gasteiger charge is -2.20. The number of rotatable bonds is 6. The van der Waals surface area contributed by atoms with Crippen molar-refractivity contribution in [1.82, 2.24) is 10.2 Å². The summed E-state index contributed by atoms with van der Waals surface area (Å²) in [5, 5.41) is 12.6. The van der Waals surface area contributed by atoms with Gasteiger partial charge in [0.25, 0.3) is 5.91 Å².